The van der Waals surface area contributed by atoms with Crippen LogP contribution in [0.3, 0.4) is 0 Å². The Hall–Kier alpha value is -0.980. The molecule has 1 aromatic carbocycles. The molecule has 0 unspecified atom stereocenters. The van der Waals surface area contributed by atoms with Gasteiger partial charge in [-0.05, 0) is 86.9 Å². The number of benzene rings is 1. The van der Waals surface area contributed by atoms with Crippen LogP contribution in [0.4, 0.5) is 4.79 Å². The Morgan fingerprint density at radius 1 is 1.38 bits per heavy atom. The van der Waals surface area contributed by atoms with Crippen LogP contribution >= 0.6 is 22.6 Å². The fraction of sp³-hybridized carbons (Fsp3) is 0.562. The van der Waals surface area contributed by atoms with Crippen LogP contribution in [0.15, 0.2) is 18.2 Å². The van der Waals surface area contributed by atoms with Crippen LogP contribution in [0, 0.1) is 10.5 Å². The van der Waals surface area contributed by atoms with E-state index in [0.29, 0.717) is 6.61 Å². The molecule has 0 atom stereocenters. The molecule has 1 saturated carbocycles. The highest BCUT2D eigenvalue weighted by molar-refractivity contribution is 14.1. The lowest BCUT2D eigenvalue weighted by molar-refractivity contribution is 0.0477. The Morgan fingerprint density at radius 2 is 2.05 bits per heavy atom. The van der Waals surface area contributed by atoms with Gasteiger partial charge < -0.3 is 14.8 Å². The Morgan fingerprint density at radius 3 is 2.57 bits per heavy atom. The number of halogens is 1. The number of rotatable bonds is 4. The largest absolute Gasteiger partial charge is 0.491 e. The molecule has 1 aliphatic carbocycles. The number of aryl methyl sites for hydroxylation is 1. The van der Waals surface area contributed by atoms with Gasteiger partial charge in [0.25, 0.3) is 0 Å². The number of carbonyl (C=O) groups is 1. The van der Waals surface area contributed by atoms with Crippen LogP contribution in [-0.2, 0) is 4.74 Å². The van der Waals surface area contributed by atoms with Crippen molar-refractivity contribution in [1.82, 2.24) is 5.32 Å². The van der Waals surface area contributed by atoms with Gasteiger partial charge in [-0.3, -0.25) is 0 Å². The van der Waals surface area contributed by atoms with Crippen molar-refractivity contribution in [3.8, 4) is 5.75 Å². The maximum absolute atomic E-state index is 11.8. The molecule has 0 radical (unpaired) electrons. The van der Waals surface area contributed by atoms with Gasteiger partial charge in [-0.2, -0.15) is 0 Å². The van der Waals surface area contributed by atoms with Gasteiger partial charge in [-0.25, -0.2) is 4.79 Å². The fourth-order valence-electron chi connectivity index (χ4n) is 1.90. The monoisotopic (exact) mass is 403 g/mol. The lowest BCUT2D eigenvalue weighted by Crippen LogP contribution is -2.44. The molecule has 0 heterocycles. The maximum atomic E-state index is 11.8. The Bertz CT molecular complexity index is 533. The van der Waals surface area contributed by atoms with Gasteiger partial charge in [0.05, 0.1) is 5.54 Å². The Balaban J connectivity index is 1.87. The van der Waals surface area contributed by atoms with Crippen LogP contribution in [0.25, 0.3) is 0 Å². The van der Waals surface area contributed by atoms with Crippen molar-refractivity contribution < 1.29 is 14.3 Å². The lowest BCUT2D eigenvalue weighted by Gasteiger charge is -2.23. The van der Waals surface area contributed by atoms with Crippen molar-refractivity contribution in [2.24, 2.45) is 0 Å². The molecule has 0 saturated heterocycles. The highest BCUT2D eigenvalue weighted by atomic mass is 127. The second-order valence-corrected chi connectivity index (χ2v) is 7.77. The summed E-state index contributed by atoms with van der Waals surface area (Å²) in [5.41, 5.74) is 0.450. The maximum Gasteiger partial charge on any atom is 0.408 e. The third-order valence-corrected chi connectivity index (χ3v) is 4.47. The van der Waals surface area contributed by atoms with E-state index in [0.717, 1.165) is 18.6 Å². The van der Waals surface area contributed by atoms with Crippen molar-refractivity contribution in [2.75, 3.05) is 6.61 Å². The molecule has 0 bridgehead atoms. The first-order chi connectivity index (χ1) is 9.69. The zero-order chi connectivity index (χ0) is 15.7. The summed E-state index contributed by atoms with van der Waals surface area (Å²) in [6, 6.07) is 6.01. The summed E-state index contributed by atoms with van der Waals surface area (Å²) in [7, 11) is 0. The number of carbonyl (C=O) groups excluding carboxylic acids is 1. The number of hydrogen-bond acceptors (Lipinski definition) is 3. The van der Waals surface area contributed by atoms with Crippen LogP contribution in [0.2, 0.25) is 0 Å². The summed E-state index contributed by atoms with van der Waals surface area (Å²) >= 11 is 2.30. The average Bonchev–Trinajstić information content (AvgIpc) is 3.08. The molecular weight excluding hydrogens is 381 g/mol. The summed E-state index contributed by atoms with van der Waals surface area (Å²) in [4.78, 5) is 11.8. The number of hydrogen-bond donors (Lipinski definition) is 1. The molecule has 21 heavy (non-hydrogen) atoms. The van der Waals surface area contributed by atoms with Gasteiger partial charge in [0, 0.05) is 3.57 Å². The van der Waals surface area contributed by atoms with E-state index in [4.69, 9.17) is 9.47 Å². The lowest BCUT2D eigenvalue weighted by atomic mass is 10.2. The molecule has 1 aliphatic rings. The highest BCUT2D eigenvalue weighted by Gasteiger charge is 2.46. The van der Waals surface area contributed by atoms with E-state index in [2.05, 4.69) is 34.8 Å². The first kappa shape index (κ1) is 16.4. The van der Waals surface area contributed by atoms with E-state index in [1.807, 2.05) is 39.0 Å². The predicted molar refractivity (Wildman–Crippen MR) is 90.7 cm³/mol. The minimum Gasteiger partial charge on any atom is -0.491 e. The molecule has 1 N–H and O–H groups in total. The molecule has 2 rings (SSSR count). The van der Waals surface area contributed by atoms with Crippen molar-refractivity contribution in [2.45, 2.75) is 51.7 Å². The number of alkyl carbamates (subject to hydrolysis) is 1. The van der Waals surface area contributed by atoms with Crippen molar-refractivity contribution in [1.29, 1.82) is 0 Å². The summed E-state index contributed by atoms with van der Waals surface area (Å²) < 4.78 is 12.3. The van der Waals surface area contributed by atoms with Gasteiger partial charge in [0.1, 0.15) is 18.0 Å². The van der Waals surface area contributed by atoms with Gasteiger partial charge in [-0.1, -0.05) is 0 Å². The average molecular weight is 403 g/mol. The molecular formula is C16H22INO3. The van der Waals surface area contributed by atoms with Crippen LogP contribution in [-0.4, -0.2) is 23.8 Å². The summed E-state index contributed by atoms with van der Waals surface area (Å²) in [5, 5.41) is 2.93. The SMILES string of the molecule is Cc1cc(OCC2(NC(=O)OC(C)(C)C)CC2)ccc1I. The van der Waals surface area contributed by atoms with E-state index < -0.39 is 5.60 Å². The van der Waals surface area contributed by atoms with Gasteiger partial charge in [0.15, 0.2) is 0 Å². The third kappa shape index (κ3) is 5.05. The van der Waals surface area contributed by atoms with Crippen LogP contribution < -0.4 is 10.1 Å². The number of ether oxygens (including phenoxy) is 2. The second kappa shape index (κ2) is 6.02. The fourth-order valence-corrected chi connectivity index (χ4v) is 2.24. The molecule has 0 spiro atoms. The normalized spacial score (nSPS) is 16.2. The number of nitrogens with one attached hydrogen (secondary N) is 1. The zero-order valence-corrected chi connectivity index (χ0v) is 15.1. The predicted octanol–water partition coefficient (Wildman–Crippen LogP) is 4.04. The van der Waals surface area contributed by atoms with Crippen molar-refractivity contribution >= 4 is 28.7 Å². The third-order valence-electron chi connectivity index (χ3n) is 3.26. The summed E-state index contributed by atoms with van der Waals surface area (Å²) in [5.74, 6) is 0.838. The van der Waals surface area contributed by atoms with Gasteiger partial charge in [-0.15, -0.1) is 0 Å². The smallest absolute Gasteiger partial charge is 0.408 e. The molecule has 1 fully saturated rings. The van der Waals surface area contributed by atoms with E-state index in [1.165, 1.54) is 9.13 Å². The van der Waals surface area contributed by atoms with Crippen molar-refractivity contribution in [3.63, 3.8) is 0 Å². The van der Waals surface area contributed by atoms with E-state index in [1.54, 1.807) is 0 Å². The quantitative estimate of drug-likeness (QED) is 0.773. The second-order valence-electron chi connectivity index (χ2n) is 6.61. The molecule has 1 aromatic rings. The van der Waals surface area contributed by atoms with Gasteiger partial charge >= 0.3 is 6.09 Å². The molecule has 0 aromatic heterocycles. The van der Waals surface area contributed by atoms with Crippen LogP contribution in [0.1, 0.15) is 39.2 Å². The minimum absolute atomic E-state index is 0.265. The molecule has 1 amide bonds. The number of amides is 1. The van der Waals surface area contributed by atoms with E-state index in [-0.39, 0.29) is 11.6 Å². The van der Waals surface area contributed by atoms with E-state index >= 15 is 0 Å². The standard InChI is InChI=1S/C16H22INO3/c1-11-9-12(5-6-13(11)17)20-10-16(7-8-16)18-14(19)21-15(2,3)4/h5-6,9H,7-8,10H2,1-4H3,(H,18,19). The zero-order valence-electron chi connectivity index (χ0n) is 13.0. The van der Waals surface area contributed by atoms with Gasteiger partial charge in [0.2, 0.25) is 0 Å². The Kier molecular flexibility index (Phi) is 4.70. The topological polar surface area (TPSA) is 47.6 Å². The molecule has 116 valence electrons. The minimum atomic E-state index is -0.478. The summed E-state index contributed by atoms with van der Waals surface area (Å²) in [6.45, 7) is 8.11. The first-order valence-corrected chi connectivity index (χ1v) is 8.17. The summed E-state index contributed by atoms with van der Waals surface area (Å²) in [6.07, 6.45) is 1.48. The Labute approximate surface area is 139 Å². The first-order valence-electron chi connectivity index (χ1n) is 7.09. The highest BCUT2D eigenvalue weighted by Crippen LogP contribution is 2.36. The van der Waals surface area contributed by atoms with Crippen LogP contribution in [0.5, 0.6) is 5.75 Å². The van der Waals surface area contributed by atoms with E-state index in [9.17, 15) is 4.79 Å². The molecule has 0 aliphatic heterocycles. The molecule has 5 heteroatoms. The van der Waals surface area contributed by atoms with Crippen molar-refractivity contribution in [3.05, 3.63) is 27.3 Å². The molecule has 4 nitrogen and oxygen atoms in total.